The van der Waals surface area contributed by atoms with Crippen LogP contribution in [0.5, 0.6) is 0 Å². The molecule has 0 aromatic heterocycles. The SMILES string of the molecule is O=C(NC1CC1)[C@H]1Cc2cc([N+](=O)[O-])ccc2N2CCN(c3ccc(F)cc3)C[C@@H]12. The fourth-order valence-corrected chi connectivity index (χ4v) is 4.65. The minimum Gasteiger partial charge on any atom is -0.368 e. The molecule has 30 heavy (non-hydrogen) atoms. The fourth-order valence-electron chi connectivity index (χ4n) is 4.65. The van der Waals surface area contributed by atoms with Crippen LogP contribution in [-0.4, -0.2) is 42.5 Å². The van der Waals surface area contributed by atoms with E-state index in [-0.39, 0.29) is 35.4 Å². The molecule has 5 rings (SSSR count). The quantitative estimate of drug-likeness (QED) is 0.619. The van der Waals surface area contributed by atoms with Crippen LogP contribution in [0.15, 0.2) is 42.5 Å². The number of carbonyl (C=O) groups excluding carboxylic acids is 1. The highest BCUT2D eigenvalue weighted by Crippen LogP contribution is 2.39. The maximum Gasteiger partial charge on any atom is 0.269 e. The van der Waals surface area contributed by atoms with Gasteiger partial charge in [0.15, 0.2) is 0 Å². The largest absolute Gasteiger partial charge is 0.368 e. The number of anilines is 2. The summed E-state index contributed by atoms with van der Waals surface area (Å²) in [5, 5.41) is 14.4. The Balaban J connectivity index is 1.47. The normalized spacial score (nSPS) is 22.8. The summed E-state index contributed by atoms with van der Waals surface area (Å²) in [4.78, 5) is 28.3. The number of nitrogens with one attached hydrogen (secondary N) is 1. The molecule has 2 aromatic carbocycles. The van der Waals surface area contributed by atoms with E-state index in [1.165, 1.54) is 18.2 Å². The van der Waals surface area contributed by atoms with Gasteiger partial charge in [0, 0.05) is 49.2 Å². The number of benzene rings is 2. The van der Waals surface area contributed by atoms with E-state index in [9.17, 15) is 19.3 Å². The van der Waals surface area contributed by atoms with Crippen LogP contribution in [0.2, 0.25) is 0 Å². The minimum atomic E-state index is -0.391. The number of rotatable bonds is 4. The predicted molar refractivity (Wildman–Crippen MR) is 111 cm³/mol. The smallest absolute Gasteiger partial charge is 0.269 e. The number of amides is 1. The zero-order chi connectivity index (χ0) is 20.8. The lowest BCUT2D eigenvalue weighted by Gasteiger charge is -2.49. The molecule has 8 heteroatoms. The van der Waals surface area contributed by atoms with Crippen LogP contribution < -0.4 is 15.1 Å². The topological polar surface area (TPSA) is 78.7 Å². The van der Waals surface area contributed by atoms with E-state index in [4.69, 9.17) is 0 Å². The van der Waals surface area contributed by atoms with Gasteiger partial charge in [0.1, 0.15) is 5.82 Å². The monoisotopic (exact) mass is 410 g/mol. The van der Waals surface area contributed by atoms with Crippen LogP contribution in [0.3, 0.4) is 0 Å². The number of nitrogens with zero attached hydrogens (tertiary/aromatic N) is 3. The van der Waals surface area contributed by atoms with Gasteiger partial charge in [-0.3, -0.25) is 14.9 Å². The Hall–Kier alpha value is -3.16. The van der Waals surface area contributed by atoms with E-state index in [1.54, 1.807) is 18.2 Å². The Bertz CT molecular complexity index is 992. The van der Waals surface area contributed by atoms with Crippen molar-refractivity contribution >= 4 is 23.0 Å². The number of hydrogen-bond acceptors (Lipinski definition) is 5. The summed E-state index contributed by atoms with van der Waals surface area (Å²) >= 11 is 0. The van der Waals surface area contributed by atoms with Crippen molar-refractivity contribution in [3.05, 3.63) is 64.0 Å². The summed E-state index contributed by atoms with van der Waals surface area (Å²) in [5.74, 6) is -0.541. The van der Waals surface area contributed by atoms with Gasteiger partial charge in [-0.15, -0.1) is 0 Å². The van der Waals surface area contributed by atoms with E-state index >= 15 is 0 Å². The van der Waals surface area contributed by atoms with Crippen LogP contribution >= 0.6 is 0 Å². The van der Waals surface area contributed by atoms with Crippen LogP contribution in [0.4, 0.5) is 21.5 Å². The molecular weight excluding hydrogens is 387 g/mol. The zero-order valence-electron chi connectivity index (χ0n) is 16.5. The Morgan fingerprint density at radius 3 is 2.60 bits per heavy atom. The first-order chi connectivity index (χ1) is 14.5. The van der Waals surface area contributed by atoms with Gasteiger partial charge >= 0.3 is 0 Å². The second-order valence-corrected chi connectivity index (χ2v) is 8.35. The number of non-ortho nitro benzene ring substituents is 1. The molecule has 1 saturated carbocycles. The van der Waals surface area contributed by atoms with Gasteiger partial charge < -0.3 is 15.1 Å². The Morgan fingerprint density at radius 1 is 1.13 bits per heavy atom. The highest BCUT2D eigenvalue weighted by Gasteiger charge is 2.43. The molecule has 2 atom stereocenters. The Labute approximate surface area is 173 Å². The van der Waals surface area contributed by atoms with E-state index in [0.29, 0.717) is 19.5 Å². The van der Waals surface area contributed by atoms with Gasteiger partial charge in [0.25, 0.3) is 5.69 Å². The van der Waals surface area contributed by atoms with E-state index in [2.05, 4.69) is 15.1 Å². The summed E-state index contributed by atoms with van der Waals surface area (Å²) in [5.41, 5.74) is 2.82. The summed E-state index contributed by atoms with van der Waals surface area (Å²) in [6.45, 7) is 2.07. The second kappa shape index (κ2) is 7.27. The zero-order valence-corrected chi connectivity index (χ0v) is 16.5. The molecule has 156 valence electrons. The molecular formula is C22H23FN4O3. The van der Waals surface area contributed by atoms with Crippen molar-refractivity contribution in [2.24, 2.45) is 5.92 Å². The van der Waals surface area contributed by atoms with Crippen LogP contribution in [0, 0.1) is 21.8 Å². The molecule has 1 N–H and O–H groups in total. The summed E-state index contributed by atoms with van der Waals surface area (Å²) in [6.07, 6.45) is 2.50. The molecule has 1 amide bonds. The van der Waals surface area contributed by atoms with Crippen LogP contribution in [0.1, 0.15) is 18.4 Å². The molecule has 2 aromatic rings. The third kappa shape index (κ3) is 3.46. The lowest BCUT2D eigenvalue weighted by Crippen LogP contribution is -2.61. The number of piperazine rings is 1. The lowest BCUT2D eigenvalue weighted by molar-refractivity contribution is -0.384. The van der Waals surface area contributed by atoms with Crippen molar-refractivity contribution in [2.45, 2.75) is 31.3 Å². The number of nitro benzene ring substituents is 1. The Morgan fingerprint density at radius 2 is 1.90 bits per heavy atom. The van der Waals surface area contributed by atoms with Crippen molar-refractivity contribution in [3.63, 3.8) is 0 Å². The van der Waals surface area contributed by atoms with Gasteiger partial charge in [-0.1, -0.05) is 0 Å². The van der Waals surface area contributed by atoms with Gasteiger partial charge in [0.2, 0.25) is 5.91 Å². The average Bonchev–Trinajstić information content (AvgIpc) is 3.56. The first-order valence-electron chi connectivity index (χ1n) is 10.3. The van der Waals surface area contributed by atoms with E-state index in [0.717, 1.165) is 36.3 Å². The highest BCUT2D eigenvalue weighted by molar-refractivity contribution is 5.83. The molecule has 3 aliphatic rings. The van der Waals surface area contributed by atoms with Crippen molar-refractivity contribution in [1.29, 1.82) is 0 Å². The molecule has 2 aliphatic heterocycles. The third-order valence-electron chi connectivity index (χ3n) is 6.36. The first-order valence-corrected chi connectivity index (χ1v) is 10.3. The average molecular weight is 410 g/mol. The number of fused-ring (bicyclic) bond motifs is 3. The van der Waals surface area contributed by atoms with Gasteiger partial charge in [-0.25, -0.2) is 4.39 Å². The maximum absolute atomic E-state index is 13.3. The fraction of sp³-hybridized carbons (Fsp3) is 0.409. The number of hydrogen-bond donors (Lipinski definition) is 1. The first kappa shape index (κ1) is 18.8. The molecule has 1 aliphatic carbocycles. The Kier molecular flexibility index (Phi) is 4.56. The molecule has 7 nitrogen and oxygen atoms in total. The highest BCUT2D eigenvalue weighted by atomic mass is 19.1. The number of carbonyl (C=O) groups is 1. The van der Waals surface area contributed by atoms with Gasteiger partial charge in [-0.05, 0) is 55.2 Å². The lowest BCUT2D eigenvalue weighted by atomic mass is 9.83. The van der Waals surface area contributed by atoms with Crippen LogP contribution in [0.25, 0.3) is 0 Å². The standard InChI is InChI=1S/C22H23FN4O3/c23-15-1-5-17(6-2-15)25-9-10-26-20-8-7-18(27(29)30)11-14(20)12-19(21(26)13-25)22(28)24-16-3-4-16/h1-2,5-8,11,16,19,21H,3-4,9-10,12-13H2,(H,24,28)/t19-,21-/m0/s1. The predicted octanol–water partition coefficient (Wildman–Crippen LogP) is 2.88. The van der Waals surface area contributed by atoms with Crippen molar-refractivity contribution in [3.8, 4) is 0 Å². The van der Waals surface area contributed by atoms with E-state index < -0.39 is 4.92 Å². The van der Waals surface area contributed by atoms with Gasteiger partial charge in [0.05, 0.1) is 16.9 Å². The summed E-state index contributed by atoms with van der Waals surface area (Å²) in [7, 11) is 0. The van der Waals surface area contributed by atoms with Crippen molar-refractivity contribution in [1.82, 2.24) is 5.32 Å². The molecule has 2 fully saturated rings. The maximum atomic E-state index is 13.3. The summed E-state index contributed by atoms with van der Waals surface area (Å²) in [6, 6.07) is 11.6. The molecule has 2 heterocycles. The molecule has 0 unspecified atom stereocenters. The molecule has 0 spiro atoms. The number of nitro groups is 1. The van der Waals surface area contributed by atoms with Crippen molar-refractivity contribution < 1.29 is 14.1 Å². The van der Waals surface area contributed by atoms with Crippen molar-refractivity contribution in [2.75, 3.05) is 29.4 Å². The van der Waals surface area contributed by atoms with Gasteiger partial charge in [-0.2, -0.15) is 0 Å². The minimum absolute atomic E-state index is 0.0191. The second-order valence-electron chi connectivity index (χ2n) is 8.35. The third-order valence-corrected chi connectivity index (χ3v) is 6.36. The number of halogens is 1. The summed E-state index contributed by atoms with van der Waals surface area (Å²) < 4.78 is 13.3. The molecule has 0 bridgehead atoms. The van der Waals surface area contributed by atoms with E-state index in [1.807, 2.05) is 6.07 Å². The molecule has 0 radical (unpaired) electrons. The van der Waals surface area contributed by atoms with Crippen LogP contribution in [-0.2, 0) is 11.2 Å². The molecule has 1 saturated heterocycles.